The number of thiazole rings is 1. The molecule has 0 fully saturated rings. The van der Waals surface area contributed by atoms with Gasteiger partial charge in [-0.3, -0.25) is 4.79 Å². The topological polar surface area (TPSA) is 92.2 Å². The van der Waals surface area contributed by atoms with E-state index >= 15 is 0 Å². The Kier molecular flexibility index (Phi) is 4.41. The summed E-state index contributed by atoms with van der Waals surface area (Å²) in [4.78, 5) is 31.8. The number of aryl methyl sites for hydroxylation is 1. The standard InChI is InChI=1S/C13H13N3O3S/c1-2-8-6-14-11(20-8)7-15-12(17)9-4-3-5-10(16-9)13(18)19/h3-6H,2,7H2,1H3,(H,15,17)(H,18,19). The molecule has 104 valence electrons. The molecule has 0 saturated carbocycles. The van der Waals surface area contributed by atoms with Crippen molar-refractivity contribution in [1.82, 2.24) is 15.3 Å². The van der Waals surface area contributed by atoms with Crippen molar-refractivity contribution in [3.63, 3.8) is 0 Å². The van der Waals surface area contributed by atoms with Gasteiger partial charge in [-0.25, -0.2) is 14.8 Å². The van der Waals surface area contributed by atoms with E-state index in [1.165, 1.54) is 29.5 Å². The predicted octanol–water partition coefficient (Wildman–Crippen LogP) is 1.73. The summed E-state index contributed by atoms with van der Waals surface area (Å²) in [6.45, 7) is 2.35. The van der Waals surface area contributed by atoms with E-state index in [-0.39, 0.29) is 11.4 Å². The van der Waals surface area contributed by atoms with Crippen molar-refractivity contribution < 1.29 is 14.7 Å². The molecule has 0 unspecified atom stereocenters. The van der Waals surface area contributed by atoms with E-state index in [1.807, 2.05) is 6.92 Å². The van der Waals surface area contributed by atoms with Crippen LogP contribution in [0.3, 0.4) is 0 Å². The molecular weight excluding hydrogens is 278 g/mol. The van der Waals surface area contributed by atoms with Crippen molar-refractivity contribution in [3.05, 3.63) is 45.7 Å². The molecule has 20 heavy (non-hydrogen) atoms. The van der Waals surface area contributed by atoms with Gasteiger partial charge in [0.2, 0.25) is 0 Å². The second-order valence-corrected chi connectivity index (χ2v) is 5.17. The molecule has 2 aromatic heterocycles. The first kappa shape index (κ1) is 14.1. The first-order chi connectivity index (χ1) is 9.60. The molecule has 0 bridgehead atoms. The minimum absolute atomic E-state index is 0.0807. The summed E-state index contributed by atoms with van der Waals surface area (Å²) >= 11 is 1.54. The van der Waals surface area contributed by atoms with Crippen LogP contribution in [0, 0.1) is 0 Å². The van der Waals surface area contributed by atoms with Crippen molar-refractivity contribution in [2.45, 2.75) is 19.9 Å². The van der Waals surface area contributed by atoms with Crippen LogP contribution in [0.5, 0.6) is 0 Å². The fraction of sp³-hybridized carbons (Fsp3) is 0.231. The zero-order valence-corrected chi connectivity index (χ0v) is 11.6. The molecular formula is C13H13N3O3S. The van der Waals surface area contributed by atoms with Crippen LogP contribution >= 0.6 is 11.3 Å². The van der Waals surface area contributed by atoms with E-state index in [2.05, 4.69) is 15.3 Å². The summed E-state index contributed by atoms with van der Waals surface area (Å²) < 4.78 is 0. The molecule has 0 radical (unpaired) electrons. The van der Waals surface area contributed by atoms with Gasteiger partial charge in [0.05, 0.1) is 6.54 Å². The number of aromatic carboxylic acids is 1. The number of hydrogen-bond acceptors (Lipinski definition) is 5. The van der Waals surface area contributed by atoms with E-state index in [0.29, 0.717) is 6.54 Å². The van der Waals surface area contributed by atoms with Gasteiger partial charge in [-0.05, 0) is 18.6 Å². The Bertz CT molecular complexity index is 639. The number of rotatable bonds is 5. The number of aromatic nitrogens is 2. The molecule has 2 N–H and O–H groups in total. The van der Waals surface area contributed by atoms with Crippen molar-refractivity contribution in [2.75, 3.05) is 0 Å². The molecule has 0 spiro atoms. The summed E-state index contributed by atoms with van der Waals surface area (Å²) in [6.07, 6.45) is 2.70. The SMILES string of the molecule is CCc1cnc(CNC(=O)c2cccc(C(=O)O)n2)s1. The fourth-order valence-corrected chi connectivity index (χ4v) is 2.32. The molecule has 2 aromatic rings. The van der Waals surface area contributed by atoms with Crippen LogP contribution in [0.2, 0.25) is 0 Å². The lowest BCUT2D eigenvalue weighted by atomic mass is 10.3. The molecule has 0 aliphatic heterocycles. The monoisotopic (exact) mass is 291 g/mol. The maximum Gasteiger partial charge on any atom is 0.354 e. The highest BCUT2D eigenvalue weighted by Crippen LogP contribution is 2.13. The van der Waals surface area contributed by atoms with Crippen molar-refractivity contribution in [3.8, 4) is 0 Å². The number of nitrogens with one attached hydrogen (secondary N) is 1. The molecule has 7 heteroatoms. The minimum Gasteiger partial charge on any atom is -0.477 e. The van der Waals surface area contributed by atoms with Gasteiger partial charge in [0.25, 0.3) is 5.91 Å². The lowest BCUT2D eigenvalue weighted by Gasteiger charge is -2.03. The lowest BCUT2D eigenvalue weighted by Crippen LogP contribution is -2.24. The second-order valence-electron chi connectivity index (χ2n) is 3.97. The van der Waals surface area contributed by atoms with Gasteiger partial charge in [-0.2, -0.15) is 0 Å². The number of carboxylic acid groups (broad SMARTS) is 1. The maximum atomic E-state index is 11.9. The fourth-order valence-electron chi connectivity index (χ4n) is 1.52. The Hall–Kier alpha value is -2.28. The molecule has 0 aromatic carbocycles. The Morgan fingerprint density at radius 1 is 1.35 bits per heavy atom. The zero-order valence-electron chi connectivity index (χ0n) is 10.8. The average molecular weight is 291 g/mol. The van der Waals surface area contributed by atoms with Crippen LogP contribution in [0.4, 0.5) is 0 Å². The molecule has 1 amide bonds. The summed E-state index contributed by atoms with van der Waals surface area (Å²) in [5.41, 5.74) is -0.0719. The van der Waals surface area contributed by atoms with Gasteiger partial charge < -0.3 is 10.4 Å². The molecule has 0 aliphatic rings. The number of carboxylic acids is 1. The first-order valence-corrected chi connectivity index (χ1v) is 6.84. The first-order valence-electron chi connectivity index (χ1n) is 6.02. The Morgan fingerprint density at radius 2 is 2.10 bits per heavy atom. The highest BCUT2D eigenvalue weighted by atomic mass is 32.1. The Balaban J connectivity index is 2.01. The van der Waals surface area contributed by atoms with Crippen LogP contribution in [0.25, 0.3) is 0 Å². The van der Waals surface area contributed by atoms with Gasteiger partial charge >= 0.3 is 5.97 Å². The van der Waals surface area contributed by atoms with Crippen molar-refractivity contribution in [1.29, 1.82) is 0 Å². The van der Waals surface area contributed by atoms with Crippen LogP contribution in [-0.4, -0.2) is 27.0 Å². The smallest absolute Gasteiger partial charge is 0.354 e. The van der Waals surface area contributed by atoms with Crippen LogP contribution in [0.15, 0.2) is 24.4 Å². The number of hydrogen-bond donors (Lipinski definition) is 2. The van der Waals surface area contributed by atoms with Crippen molar-refractivity contribution in [2.24, 2.45) is 0 Å². The number of carbonyl (C=O) groups is 2. The predicted molar refractivity (Wildman–Crippen MR) is 73.9 cm³/mol. The lowest BCUT2D eigenvalue weighted by molar-refractivity contribution is 0.0690. The zero-order chi connectivity index (χ0) is 14.5. The summed E-state index contributed by atoms with van der Waals surface area (Å²) in [5.74, 6) is -1.58. The third kappa shape index (κ3) is 3.39. The van der Waals surface area contributed by atoms with Gasteiger partial charge in [0, 0.05) is 11.1 Å². The van der Waals surface area contributed by atoms with E-state index in [9.17, 15) is 9.59 Å². The quantitative estimate of drug-likeness (QED) is 0.875. The molecule has 0 aliphatic carbocycles. The van der Waals surface area contributed by atoms with E-state index in [0.717, 1.165) is 16.3 Å². The molecule has 0 atom stereocenters. The summed E-state index contributed by atoms with van der Waals surface area (Å²) in [6, 6.07) is 4.30. The van der Waals surface area contributed by atoms with Crippen molar-refractivity contribution >= 4 is 23.2 Å². The minimum atomic E-state index is -1.16. The second kappa shape index (κ2) is 6.25. The van der Waals surface area contributed by atoms with E-state index < -0.39 is 11.9 Å². The Morgan fingerprint density at radius 3 is 2.75 bits per heavy atom. The van der Waals surface area contributed by atoms with E-state index in [4.69, 9.17) is 5.11 Å². The van der Waals surface area contributed by atoms with Gasteiger partial charge in [0.1, 0.15) is 16.4 Å². The number of carbonyl (C=O) groups excluding carboxylic acids is 1. The maximum absolute atomic E-state index is 11.9. The number of pyridine rings is 1. The van der Waals surface area contributed by atoms with Crippen LogP contribution < -0.4 is 5.32 Å². The van der Waals surface area contributed by atoms with Gasteiger partial charge in [0.15, 0.2) is 0 Å². The highest BCUT2D eigenvalue weighted by Gasteiger charge is 2.11. The third-order valence-electron chi connectivity index (χ3n) is 2.55. The number of amides is 1. The largest absolute Gasteiger partial charge is 0.477 e. The summed E-state index contributed by atoms with van der Waals surface area (Å²) in [5, 5.41) is 12.3. The van der Waals surface area contributed by atoms with Gasteiger partial charge in [-0.15, -0.1) is 11.3 Å². The normalized spacial score (nSPS) is 10.2. The number of nitrogens with zero attached hydrogens (tertiary/aromatic N) is 2. The summed E-state index contributed by atoms with van der Waals surface area (Å²) in [7, 11) is 0. The van der Waals surface area contributed by atoms with Crippen LogP contribution in [-0.2, 0) is 13.0 Å². The Labute approximate surface area is 119 Å². The molecule has 2 rings (SSSR count). The average Bonchev–Trinajstić information content (AvgIpc) is 2.93. The van der Waals surface area contributed by atoms with Crippen LogP contribution in [0.1, 0.15) is 37.8 Å². The third-order valence-corrected chi connectivity index (χ3v) is 3.69. The molecule has 2 heterocycles. The highest BCUT2D eigenvalue weighted by molar-refractivity contribution is 7.11. The molecule has 0 saturated heterocycles. The van der Waals surface area contributed by atoms with Gasteiger partial charge in [-0.1, -0.05) is 13.0 Å². The molecule has 6 nitrogen and oxygen atoms in total. The van der Waals surface area contributed by atoms with E-state index in [1.54, 1.807) is 6.20 Å².